The number of primary amides is 1. The summed E-state index contributed by atoms with van der Waals surface area (Å²) in [6.07, 6.45) is -2.94. The number of carbonyl (C=O) groups excluding carboxylic acids is 3. The maximum Gasteiger partial charge on any atom is 0.230 e. The van der Waals surface area contributed by atoms with Crippen molar-refractivity contribution in [1.29, 1.82) is 0 Å². The Balaban J connectivity index is 1.73. The van der Waals surface area contributed by atoms with E-state index in [4.69, 9.17) is 5.73 Å². The molecule has 2 fully saturated rings. The third-order valence-corrected chi connectivity index (χ3v) is 10.5. The van der Waals surface area contributed by atoms with Crippen molar-refractivity contribution in [1.82, 2.24) is 0 Å². The highest BCUT2D eigenvalue weighted by Crippen LogP contribution is 2.66. The molecule has 2 aromatic rings. The maximum atomic E-state index is 14.2. The van der Waals surface area contributed by atoms with Crippen LogP contribution in [-0.2, 0) is 16.0 Å². The highest BCUT2D eigenvalue weighted by atomic mass is 16.4. The van der Waals surface area contributed by atoms with E-state index in [9.17, 15) is 34.8 Å². The van der Waals surface area contributed by atoms with Crippen molar-refractivity contribution in [3.05, 3.63) is 52.6 Å². The van der Waals surface area contributed by atoms with E-state index in [1.54, 1.807) is 13.0 Å². The van der Waals surface area contributed by atoms with E-state index in [1.165, 1.54) is 6.07 Å². The van der Waals surface area contributed by atoms with Crippen molar-refractivity contribution in [2.45, 2.75) is 72.2 Å². The first kappa shape index (κ1) is 28.5. The third kappa shape index (κ3) is 3.52. The van der Waals surface area contributed by atoms with Gasteiger partial charge in [-0.1, -0.05) is 52.0 Å². The van der Waals surface area contributed by atoms with Crippen molar-refractivity contribution in [3.63, 3.8) is 0 Å². The van der Waals surface area contributed by atoms with Gasteiger partial charge in [0.25, 0.3) is 0 Å². The summed E-state index contributed by atoms with van der Waals surface area (Å²) in [6, 6.07) is 9.25. The smallest absolute Gasteiger partial charge is 0.230 e. The van der Waals surface area contributed by atoms with Gasteiger partial charge < -0.3 is 26.2 Å². The number of ketones is 2. The highest BCUT2D eigenvalue weighted by molar-refractivity contribution is 6.09. The molecule has 0 aliphatic heterocycles. The molecule has 214 valence electrons. The Morgan fingerprint density at radius 1 is 1.05 bits per heavy atom. The van der Waals surface area contributed by atoms with Crippen molar-refractivity contribution in [2.24, 2.45) is 40.2 Å². The van der Waals surface area contributed by atoms with Gasteiger partial charge in [-0.3, -0.25) is 14.4 Å². The minimum atomic E-state index is -2.51. The van der Waals surface area contributed by atoms with Crippen LogP contribution < -0.4 is 5.73 Å². The normalized spacial score (nSPS) is 37.1. The summed E-state index contributed by atoms with van der Waals surface area (Å²) in [7, 11) is 0. The summed E-state index contributed by atoms with van der Waals surface area (Å²) in [5.74, 6) is -6.98. The monoisotopic (exact) mass is 549 g/mol. The zero-order valence-electron chi connectivity index (χ0n) is 23.9. The summed E-state index contributed by atoms with van der Waals surface area (Å²) in [5, 5.41) is 46.3. The predicted molar refractivity (Wildman–Crippen MR) is 148 cm³/mol. The second-order valence-corrected chi connectivity index (χ2v) is 13.3. The number of phenolic OH excluding ortho intramolecular Hbond substituents is 1. The van der Waals surface area contributed by atoms with Crippen molar-refractivity contribution in [2.75, 3.05) is 0 Å². The Morgan fingerprint density at radius 3 is 2.27 bits per heavy atom. The number of benzene rings is 2. The summed E-state index contributed by atoms with van der Waals surface area (Å²) in [4.78, 5) is 40.4. The van der Waals surface area contributed by atoms with Crippen LogP contribution >= 0.6 is 0 Å². The number of amides is 1. The molecule has 0 saturated heterocycles. The number of phenols is 1. The van der Waals surface area contributed by atoms with Crippen LogP contribution in [0.15, 0.2) is 30.3 Å². The summed E-state index contributed by atoms with van der Waals surface area (Å²) >= 11 is 0. The number of aliphatic hydroxyl groups excluding tert-OH is 2. The van der Waals surface area contributed by atoms with Crippen LogP contribution in [0.1, 0.15) is 61.2 Å². The molecule has 2 aromatic carbocycles. The van der Waals surface area contributed by atoms with Crippen LogP contribution in [0.3, 0.4) is 0 Å². The number of hydrogen-bond donors (Lipinski definition) is 5. The Morgan fingerprint density at radius 2 is 1.70 bits per heavy atom. The van der Waals surface area contributed by atoms with E-state index in [1.807, 2.05) is 52.8 Å². The van der Waals surface area contributed by atoms with Gasteiger partial charge in [-0.15, -0.1) is 0 Å². The molecule has 0 bridgehead atoms. The number of Topliss-reactive ketones (excluding diaryl/α,β-unsaturated/α-hetero) is 2. The third-order valence-electron chi connectivity index (χ3n) is 10.5. The first-order valence-electron chi connectivity index (χ1n) is 13.9. The topological polar surface area (TPSA) is 158 Å². The first-order chi connectivity index (χ1) is 18.5. The lowest BCUT2D eigenvalue weighted by Crippen LogP contribution is -2.79. The van der Waals surface area contributed by atoms with Crippen LogP contribution in [0.2, 0.25) is 0 Å². The minimum Gasteiger partial charge on any atom is -0.507 e. The number of nitrogens with two attached hydrogens (primary N) is 1. The molecule has 0 heterocycles. The highest BCUT2D eigenvalue weighted by Gasteiger charge is 2.75. The van der Waals surface area contributed by atoms with Crippen molar-refractivity contribution >= 4 is 17.5 Å². The van der Waals surface area contributed by atoms with Gasteiger partial charge in [-0.05, 0) is 77.8 Å². The number of aromatic hydroxyl groups is 1. The van der Waals surface area contributed by atoms with Gasteiger partial charge in [0, 0.05) is 5.41 Å². The number of carbonyl (C=O) groups is 3. The molecule has 8 heteroatoms. The van der Waals surface area contributed by atoms with Gasteiger partial charge in [0.2, 0.25) is 5.91 Å². The number of rotatable bonds is 3. The lowest BCUT2D eigenvalue weighted by Gasteiger charge is -2.66. The molecule has 1 amide bonds. The fraction of sp³-hybridized carbons (Fsp3) is 0.531. The van der Waals surface area contributed by atoms with E-state index in [2.05, 4.69) is 0 Å². The zero-order valence-corrected chi connectivity index (χ0v) is 23.9. The van der Waals surface area contributed by atoms with Gasteiger partial charge in [-0.25, -0.2) is 0 Å². The van der Waals surface area contributed by atoms with E-state index >= 15 is 0 Å². The Labute approximate surface area is 234 Å². The molecule has 0 radical (unpaired) electrons. The average Bonchev–Trinajstić information content (AvgIpc) is 2.83. The zero-order chi connectivity index (χ0) is 29.7. The summed E-state index contributed by atoms with van der Waals surface area (Å²) in [6.45, 7) is 11.2. The number of hydrogen-bond acceptors (Lipinski definition) is 7. The standard InChI is InChI=1S/C32H39NO7/c1-14(2)23-26(36)22(29(33)39)27(37)32(40)28(38)24-25(35)21-19(12-30(24,5)13-31(23,32)6)18(9-10-20(21)34)17-8-7-15(3)16(4)11-17/h7-11,14,22-24,26,28,34,36,38,40H,12-13H2,1-6H3,(H2,33,39)/t22-,23+,24-,26?,28?,30-,31-,32+/m1/s1. The molecule has 8 nitrogen and oxygen atoms in total. The molecule has 0 aromatic heterocycles. The second kappa shape index (κ2) is 8.96. The van der Waals surface area contributed by atoms with E-state index < -0.39 is 63.9 Å². The quantitative estimate of drug-likeness (QED) is 0.368. The van der Waals surface area contributed by atoms with Crippen LogP contribution in [0, 0.1) is 48.3 Å². The van der Waals surface area contributed by atoms with Gasteiger partial charge in [0.05, 0.1) is 17.6 Å². The molecule has 0 spiro atoms. The number of aryl methyl sites for hydroxylation is 2. The van der Waals surface area contributed by atoms with Gasteiger partial charge in [0.1, 0.15) is 17.8 Å². The molecule has 3 aliphatic carbocycles. The largest absolute Gasteiger partial charge is 0.507 e. The maximum absolute atomic E-state index is 14.2. The van der Waals surface area contributed by atoms with E-state index in [0.29, 0.717) is 5.56 Å². The van der Waals surface area contributed by atoms with Gasteiger partial charge in [0.15, 0.2) is 17.2 Å². The predicted octanol–water partition coefficient (Wildman–Crippen LogP) is 2.86. The van der Waals surface area contributed by atoms with Crippen molar-refractivity contribution in [3.8, 4) is 16.9 Å². The van der Waals surface area contributed by atoms with Gasteiger partial charge in [-0.2, -0.15) is 0 Å². The van der Waals surface area contributed by atoms with Crippen LogP contribution in [-0.4, -0.2) is 55.7 Å². The summed E-state index contributed by atoms with van der Waals surface area (Å²) in [5.41, 5.74) is 5.28. The van der Waals surface area contributed by atoms with Crippen molar-refractivity contribution < 1.29 is 34.8 Å². The first-order valence-corrected chi connectivity index (χ1v) is 13.9. The van der Waals surface area contributed by atoms with E-state index in [-0.39, 0.29) is 30.1 Å². The molecule has 2 unspecified atom stereocenters. The van der Waals surface area contributed by atoms with Crippen LogP contribution in [0.4, 0.5) is 0 Å². The van der Waals surface area contributed by atoms with Crippen LogP contribution in [0.5, 0.6) is 5.75 Å². The molecule has 6 N–H and O–H groups in total. The molecule has 8 atom stereocenters. The molecular formula is C32H39NO7. The lowest BCUT2D eigenvalue weighted by molar-refractivity contribution is -0.265. The number of fused-ring (bicyclic) bond motifs is 3. The Bertz CT molecular complexity index is 1450. The SMILES string of the molecule is Cc1ccc(-c2ccc(O)c3c2C[C@]2(C)C[C@]4(C)[C@@H](C(C)C)C(O)[C@@H](C(N)=O)C(=O)[C@]4(O)C(O)[C@H]2C3=O)cc1C. The number of aliphatic hydroxyl groups is 3. The Hall–Kier alpha value is -3.07. The minimum absolute atomic E-state index is 0.0691. The molecule has 5 rings (SSSR count). The van der Waals surface area contributed by atoms with E-state index in [0.717, 1.165) is 22.3 Å². The molecular weight excluding hydrogens is 510 g/mol. The lowest BCUT2D eigenvalue weighted by atomic mass is 9.39. The summed E-state index contributed by atoms with van der Waals surface area (Å²) < 4.78 is 0. The average molecular weight is 550 g/mol. The van der Waals surface area contributed by atoms with Gasteiger partial charge >= 0.3 is 0 Å². The fourth-order valence-corrected chi connectivity index (χ4v) is 8.71. The second-order valence-electron chi connectivity index (χ2n) is 13.3. The fourth-order valence-electron chi connectivity index (χ4n) is 8.71. The van der Waals surface area contributed by atoms with Crippen LogP contribution in [0.25, 0.3) is 11.1 Å². The molecule has 3 aliphatic rings. The Kier molecular flexibility index (Phi) is 6.38. The molecule has 40 heavy (non-hydrogen) atoms. The molecule has 2 saturated carbocycles.